The second-order valence-electron chi connectivity index (χ2n) is 11.8. The summed E-state index contributed by atoms with van der Waals surface area (Å²) >= 11 is 1.74. The molecule has 3 heterocycles. The van der Waals surface area contributed by atoms with E-state index >= 15 is 0 Å². The third-order valence-electron chi connectivity index (χ3n) is 8.99. The van der Waals surface area contributed by atoms with Gasteiger partial charge >= 0.3 is 0 Å². The number of nitrogens with zero attached hydrogens (tertiary/aromatic N) is 4. The first-order chi connectivity index (χ1) is 23.8. The molecule has 0 fully saturated rings. The Morgan fingerprint density at radius 1 is 0.417 bits per heavy atom. The molecule has 0 saturated carbocycles. The van der Waals surface area contributed by atoms with Crippen LogP contribution in [0.5, 0.6) is 0 Å². The van der Waals surface area contributed by atoms with Gasteiger partial charge in [-0.05, 0) is 40.4 Å². The summed E-state index contributed by atoms with van der Waals surface area (Å²) in [5.41, 5.74) is 6.50. The molecule has 10 aromatic rings. The number of fused-ring (bicyclic) bond motifs is 7. The summed E-state index contributed by atoms with van der Waals surface area (Å²) in [6.07, 6.45) is 0. The number of aromatic nitrogens is 4. The van der Waals surface area contributed by atoms with Crippen LogP contribution >= 0.6 is 11.3 Å². The first-order valence-electron chi connectivity index (χ1n) is 15.8. The molecular formula is C42H24N4OS. The zero-order chi connectivity index (χ0) is 31.6. The molecule has 0 radical (unpaired) electrons. The Morgan fingerprint density at radius 3 is 1.92 bits per heavy atom. The lowest BCUT2D eigenvalue weighted by Gasteiger charge is -2.12. The molecule has 0 aliphatic rings. The van der Waals surface area contributed by atoms with Crippen LogP contribution in [-0.4, -0.2) is 19.9 Å². The molecule has 0 aliphatic carbocycles. The molecule has 10 rings (SSSR count). The molecule has 3 aromatic heterocycles. The van der Waals surface area contributed by atoms with Gasteiger partial charge in [0, 0.05) is 38.4 Å². The molecule has 224 valence electrons. The third kappa shape index (κ3) is 4.24. The van der Waals surface area contributed by atoms with Crippen molar-refractivity contribution in [1.29, 1.82) is 0 Å². The van der Waals surface area contributed by atoms with Crippen molar-refractivity contribution in [3.8, 4) is 44.7 Å². The fourth-order valence-electron chi connectivity index (χ4n) is 6.75. The molecule has 0 atom stereocenters. The lowest BCUT2D eigenvalue weighted by molar-refractivity contribution is 0.669. The van der Waals surface area contributed by atoms with E-state index in [4.69, 9.17) is 24.4 Å². The maximum Gasteiger partial charge on any atom is 0.164 e. The van der Waals surface area contributed by atoms with Crippen LogP contribution in [0.25, 0.3) is 98.4 Å². The Morgan fingerprint density at radius 2 is 1.06 bits per heavy atom. The fraction of sp³-hybridized carbons (Fsp3) is 0. The quantitative estimate of drug-likeness (QED) is 0.193. The van der Waals surface area contributed by atoms with E-state index < -0.39 is 0 Å². The third-order valence-corrected chi connectivity index (χ3v) is 10.1. The van der Waals surface area contributed by atoms with Crippen molar-refractivity contribution >= 4 is 65.0 Å². The van der Waals surface area contributed by atoms with E-state index in [1.807, 2.05) is 60.7 Å². The highest BCUT2D eigenvalue weighted by Crippen LogP contribution is 2.41. The molecule has 48 heavy (non-hydrogen) atoms. The molecule has 0 spiro atoms. The number of rotatable bonds is 4. The SMILES string of the molecule is c1ccc(-c2nc(-c3ccc(-c4nc5ccc6ccccc6c5s4)c4ccccc34)nc(-c3cccc4oc5ccccc5c34)n2)cc1. The molecule has 6 heteroatoms. The number of thiazole rings is 1. The van der Waals surface area contributed by atoms with Crippen LogP contribution in [0.4, 0.5) is 0 Å². The van der Waals surface area contributed by atoms with Gasteiger partial charge in [0.15, 0.2) is 17.5 Å². The maximum atomic E-state index is 6.23. The average molecular weight is 633 g/mol. The lowest BCUT2D eigenvalue weighted by atomic mass is 9.99. The van der Waals surface area contributed by atoms with Gasteiger partial charge in [0.25, 0.3) is 0 Å². The van der Waals surface area contributed by atoms with Gasteiger partial charge in [-0.15, -0.1) is 11.3 Å². The summed E-state index contributed by atoms with van der Waals surface area (Å²) in [6, 6.07) is 49.8. The van der Waals surface area contributed by atoms with Crippen molar-refractivity contribution in [2.24, 2.45) is 0 Å². The number of para-hydroxylation sites is 1. The van der Waals surface area contributed by atoms with Crippen molar-refractivity contribution < 1.29 is 4.42 Å². The standard InChI is InChI=1S/C42H24N4OS/c1-2-12-26(13-3-1)39-44-40(46-41(45-39)33-18-10-20-36-37(33)32-17-8-9-19-35(32)47-36)30-22-23-31(29-16-7-6-15-28(29)30)42-43-34-24-21-25-11-4-5-14-27(25)38(34)48-42/h1-24H. The topological polar surface area (TPSA) is 64.7 Å². The van der Waals surface area contributed by atoms with Gasteiger partial charge in [-0.1, -0.05) is 121 Å². The summed E-state index contributed by atoms with van der Waals surface area (Å²) in [5.74, 6) is 1.83. The predicted octanol–water partition coefficient (Wildman–Crippen LogP) is 11.4. The van der Waals surface area contributed by atoms with Gasteiger partial charge in [-0.25, -0.2) is 19.9 Å². The maximum absolute atomic E-state index is 6.23. The Hall–Kier alpha value is -6.24. The molecule has 0 aliphatic heterocycles. The van der Waals surface area contributed by atoms with E-state index in [1.165, 1.54) is 15.5 Å². The van der Waals surface area contributed by atoms with Crippen LogP contribution in [0, 0.1) is 0 Å². The number of hydrogen-bond acceptors (Lipinski definition) is 6. The zero-order valence-corrected chi connectivity index (χ0v) is 26.3. The van der Waals surface area contributed by atoms with Crippen molar-refractivity contribution in [2.75, 3.05) is 0 Å². The molecule has 0 unspecified atom stereocenters. The average Bonchev–Trinajstić information content (AvgIpc) is 3.77. The Balaban J connectivity index is 1.20. The van der Waals surface area contributed by atoms with Gasteiger partial charge in [0.1, 0.15) is 16.2 Å². The fourth-order valence-corrected chi connectivity index (χ4v) is 7.88. The predicted molar refractivity (Wildman–Crippen MR) is 197 cm³/mol. The first kappa shape index (κ1) is 26.9. The highest BCUT2D eigenvalue weighted by molar-refractivity contribution is 7.22. The van der Waals surface area contributed by atoms with E-state index in [2.05, 4.69) is 84.9 Å². The minimum atomic E-state index is 0.599. The highest BCUT2D eigenvalue weighted by Gasteiger charge is 2.20. The first-order valence-corrected chi connectivity index (χ1v) is 16.6. The molecule has 5 nitrogen and oxygen atoms in total. The largest absolute Gasteiger partial charge is 0.456 e. The second kappa shape index (κ2) is 10.7. The Labute approximate surface area is 278 Å². The Bertz CT molecular complexity index is 2860. The second-order valence-corrected chi connectivity index (χ2v) is 12.8. The molecule has 0 N–H and O–H groups in total. The smallest absolute Gasteiger partial charge is 0.164 e. The molecule has 0 bridgehead atoms. The van der Waals surface area contributed by atoms with E-state index in [1.54, 1.807) is 11.3 Å². The van der Waals surface area contributed by atoms with Crippen LogP contribution in [-0.2, 0) is 0 Å². The van der Waals surface area contributed by atoms with Crippen LogP contribution in [0.15, 0.2) is 150 Å². The van der Waals surface area contributed by atoms with Gasteiger partial charge in [-0.3, -0.25) is 0 Å². The summed E-state index contributed by atoms with van der Waals surface area (Å²) in [4.78, 5) is 20.4. The lowest BCUT2D eigenvalue weighted by Crippen LogP contribution is -2.01. The number of furan rings is 1. The van der Waals surface area contributed by atoms with E-state index in [0.717, 1.165) is 65.5 Å². The summed E-state index contributed by atoms with van der Waals surface area (Å²) in [6.45, 7) is 0. The normalized spacial score (nSPS) is 11.8. The van der Waals surface area contributed by atoms with Crippen LogP contribution in [0.3, 0.4) is 0 Å². The van der Waals surface area contributed by atoms with E-state index in [0.29, 0.717) is 17.5 Å². The summed E-state index contributed by atoms with van der Waals surface area (Å²) in [5, 5.41) is 7.62. The highest BCUT2D eigenvalue weighted by atomic mass is 32.1. The van der Waals surface area contributed by atoms with Crippen molar-refractivity contribution in [2.45, 2.75) is 0 Å². The molecule has 0 amide bonds. The zero-order valence-electron chi connectivity index (χ0n) is 25.5. The van der Waals surface area contributed by atoms with Crippen molar-refractivity contribution in [1.82, 2.24) is 19.9 Å². The van der Waals surface area contributed by atoms with E-state index in [-0.39, 0.29) is 0 Å². The van der Waals surface area contributed by atoms with Crippen molar-refractivity contribution in [3.05, 3.63) is 146 Å². The molecule has 7 aromatic carbocycles. The number of benzene rings is 7. The van der Waals surface area contributed by atoms with Gasteiger partial charge in [-0.2, -0.15) is 0 Å². The van der Waals surface area contributed by atoms with Crippen LogP contribution in [0.2, 0.25) is 0 Å². The Kier molecular flexibility index (Phi) is 5.98. The molecular weight excluding hydrogens is 609 g/mol. The summed E-state index contributed by atoms with van der Waals surface area (Å²) < 4.78 is 7.43. The monoisotopic (exact) mass is 632 g/mol. The van der Waals surface area contributed by atoms with Gasteiger partial charge in [0.05, 0.1) is 10.2 Å². The van der Waals surface area contributed by atoms with Crippen molar-refractivity contribution in [3.63, 3.8) is 0 Å². The minimum absolute atomic E-state index is 0.599. The van der Waals surface area contributed by atoms with Crippen LogP contribution in [0.1, 0.15) is 0 Å². The van der Waals surface area contributed by atoms with E-state index in [9.17, 15) is 0 Å². The minimum Gasteiger partial charge on any atom is -0.456 e. The molecule has 0 saturated heterocycles. The van der Waals surface area contributed by atoms with Crippen LogP contribution < -0.4 is 0 Å². The van der Waals surface area contributed by atoms with Gasteiger partial charge < -0.3 is 4.42 Å². The number of hydrogen-bond donors (Lipinski definition) is 0. The summed E-state index contributed by atoms with van der Waals surface area (Å²) in [7, 11) is 0. The van der Waals surface area contributed by atoms with Gasteiger partial charge in [0.2, 0.25) is 0 Å².